The number of nitrogens with zero attached hydrogens (tertiary/aromatic N) is 1. The average molecular weight is 294 g/mol. The number of halogens is 4. The first-order chi connectivity index (χ1) is 8.61. The second-order valence-electron chi connectivity index (χ2n) is 4.56. The zero-order chi connectivity index (χ0) is 14.8. The van der Waals surface area contributed by atoms with Gasteiger partial charge in [-0.15, -0.1) is 0 Å². The summed E-state index contributed by atoms with van der Waals surface area (Å²) in [6, 6.07) is 3.99. The third kappa shape index (κ3) is 4.42. The van der Waals surface area contributed by atoms with Crippen LogP contribution in [0.15, 0.2) is 18.2 Å². The van der Waals surface area contributed by atoms with E-state index >= 15 is 0 Å². The van der Waals surface area contributed by atoms with E-state index in [4.69, 9.17) is 11.6 Å². The molecule has 0 heterocycles. The molecule has 0 atom stereocenters. The first-order valence-electron chi connectivity index (χ1n) is 5.75. The van der Waals surface area contributed by atoms with Gasteiger partial charge in [-0.25, -0.2) is 0 Å². The normalized spacial score (nSPS) is 11.8. The Morgan fingerprint density at radius 3 is 2.32 bits per heavy atom. The number of hydrogen-bond donors (Lipinski definition) is 0. The van der Waals surface area contributed by atoms with Gasteiger partial charge in [0.1, 0.15) is 6.54 Å². The van der Waals surface area contributed by atoms with Crippen LogP contribution in [0.2, 0.25) is 5.02 Å². The molecule has 1 rings (SSSR count). The number of hydrogen-bond acceptors (Lipinski definition) is 2. The van der Waals surface area contributed by atoms with Crippen LogP contribution in [0, 0.1) is 0 Å². The van der Waals surface area contributed by atoms with E-state index in [1.807, 2.05) is 0 Å². The van der Waals surface area contributed by atoms with Crippen molar-refractivity contribution in [3.05, 3.63) is 28.8 Å². The Hall–Kier alpha value is -1.23. The summed E-state index contributed by atoms with van der Waals surface area (Å²) in [5.41, 5.74) is 0.656. The van der Waals surface area contributed by atoms with Gasteiger partial charge in [-0.3, -0.25) is 4.79 Å². The smallest absolute Gasteiger partial charge is 0.360 e. The molecular weight excluding hydrogens is 279 g/mol. The SMILES string of the molecule is CC(=O)c1ccc(N(CC(F)(F)F)C(C)C)cc1Cl. The highest BCUT2D eigenvalue weighted by atomic mass is 35.5. The van der Waals surface area contributed by atoms with Crippen molar-refractivity contribution in [2.24, 2.45) is 0 Å². The van der Waals surface area contributed by atoms with Crippen molar-refractivity contribution in [2.45, 2.75) is 33.0 Å². The highest BCUT2D eigenvalue weighted by Crippen LogP contribution is 2.28. The molecule has 2 nitrogen and oxygen atoms in total. The Morgan fingerprint density at radius 2 is 1.95 bits per heavy atom. The second-order valence-corrected chi connectivity index (χ2v) is 4.96. The highest BCUT2D eigenvalue weighted by Gasteiger charge is 2.32. The summed E-state index contributed by atoms with van der Waals surface area (Å²) in [4.78, 5) is 12.4. The van der Waals surface area contributed by atoms with Crippen molar-refractivity contribution in [1.82, 2.24) is 0 Å². The molecule has 1 aromatic rings. The van der Waals surface area contributed by atoms with E-state index < -0.39 is 12.7 Å². The molecule has 0 radical (unpaired) electrons. The Bertz CT molecular complexity index is 471. The number of carbonyl (C=O) groups excluding carboxylic acids is 1. The van der Waals surface area contributed by atoms with Crippen molar-refractivity contribution in [2.75, 3.05) is 11.4 Å². The minimum absolute atomic E-state index is 0.165. The maximum atomic E-state index is 12.5. The molecular formula is C13H15ClF3NO. The summed E-state index contributed by atoms with van der Waals surface area (Å²) in [6.45, 7) is 3.63. The molecule has 0 bridgehead atoms. The van der Waals surface area contributed by atoms with Crippen molar-refractivity contribution >= 4 is 23.1 Å². The zero-order valence-electron chi connectivity index (χ0n) is 10.9. The van der Waals surface area contributed by atoms with Crippen LogP contribution < -0.4 is 4.90 Å². The highest BCUT2D eigenvalue weighted by molar-refractivity contribution is 6.34. The van der Waals surface area contributed by atoms with Gasteiger partial charge in [0.15, 0.2) is 5.78 Å². The molecule has 1 aromatic carbocycles. The standard InChI is InChI=1S/C13H15ClF3NO/c1-8(2)18(7-13(15,16)17)10-4-5-11(9(3)19)12(14)6-10/h4-6,8H,7H2,1-3H3. The molecule has 0 aliphatic carbocycles. The molecule has 19 heavy (non-hydrogen) atoms. The fourth-order valence-corrected chi connectivity index (χ4v) is 2.04. The number of rotatable bonds is 4. The number of alkyl halides is 3. The molecule has 0 saturated carbocycles. The molecule has 0 aliphatic heterocycles. The Morgan fingerprint density at radius 1 is 1.37 bits per heavy atom. The van der Waals surface area contributed by atoms with Gasteiger partial charge in [0.05, 0.1) is 5.02 Å². The van der Waals surface area contributed by atoms with Crippen LogP contribution in [0.1, 0.15) is 31.1 Å². The van der Waals surface area contributed by atoms with E-state index in [1.54, 1.807) is 13.8 Å². The van der Waals surface area contributed by atoms with Crippen molar-refractivity contribution in [3.8, 4) is 0 Å². The van der Waals surface area contributed by atoms with E-state index in [2.05, 4.69) is 0 Å². The van der Waals surface area contributed by atoms with Gasteiger partial charge in [-0.1, -0.05) is 11.6 Å². The van der Waals surface area contributed by atoms with Gasteiger partial charge in [-0.2, -0.15) is 13.2 Å². The second kappa shape index (κ2) is 5.82. The first-order valence-corrected chi connectivity index (χ1v) is 6.13. The molecule has 0 amide bonds. The third-order valence-corrected chi connectivity index (χ3v) is 2.95. The molecule has 0 saturated heterocycles. The van der Waals surface area contributed by atoms with Crippen LogP contribution in [0.5, 0.6) is 0 Å². The van der Waals surface area contributed by atoms with Gasteiger partial charge < -0.3 is 4.90 Å². The summed E-state index contributed by atoms with van der Waals surface area (Å²) in [5.74, 6) is -0.219. The van der Waals surface area contributed by atoms with Gasteiger partial charge >= 0.3 is 6.18 Å². The lowest BCUT2D eigenvalue weighted by Crippen LogP contribution is -2.39. The van der Waals surface area contributed by atoms with E-state index in [0.29, 0.717) is 11.3 Å². The quantitative estimate of drug-likeness (QED) is 0.771. The summed E-state index contributed by atoms with van der Waals surface area (Å²) < 4.78 is 37.6. The maximum Gasteiger partial charge on any atom is 0.405 e. The van der Waals surface area contributed by atoms with Crippen LogP contribution in [0.4, 0.5) is 18.9 Å². The molecule has 0 aromatic heterocycles. The fourth-order valence-electron chi connectivity index (χ4n) is 1.73. The average Bonchev–Trinajstić information content (AvgIpc) is 2.23. The number of ketones is 1. The lowest BCUT2D eigenvalue weighted by molar-refractivity contribution is -0.120. The van der Waals surface area contributed by atoms with Gasteiger partial charge in [0.25, 0.3) is 0 Å². The molecule has 0 aliphatic rings. The summed E-state index contributed by atoms with van der Waals surface area (Å²) in [5, 5.41) is 0.165. The van der Waals surface area contributed by atoms with Crippen molar-refractivity contribution < 1.29 is 18.0 Å². The zero-order valence-corrected chi connectivity index (χ0v) is 11.6. The topological polar surface area (TPSA) is 20.3 Å². The molecule has 0 fully saturated rings. The van der Waals surface area contributed by atoms with Gasteiger partial charge in [0.2, 0.25) is 0 Å². The van der Waals surface area contributed by atoms with Crippen molar-refractivity contribution in [3.63, 3.8) is 0 Å². The minimum Gasteiger partial charge on any atom is -0.360 e. The lowest BCUT2D eigenvalue weighted by Gasteiger charge is -2.30. The molecule has 6 heteroatoms. The number of carbonyl (C=O) groups is 1. The first kappa shape index (κ1) is 15.8. The maximum absolute atomic E-state index is 12.5. The number of benzene rings is 1. The fraction of sp³-hybridized carbons (Fsp3) is 0.462. The minimum atomic E-state index is -4.30. The molecule has 106 valence electrons. The number of Topliss-reactive ketones (excluding diaryl/α,β-unsaturated/α-hetero) is 1. The summed E-state index contributed by atoms with van der Waals surface area (Å²) >= 11 is 5.92. The van der Waals surface area contributed by atoms with Crippen LogP contribution in [-0.2, 0) is 0 Å². The van der Waals surface area contributed by atoms with Crippen LogP contribution in [0.3, 0.4) is 0 Å². The molecule has 0 spiro atoms. The lowest BCUT2D eigenvalue weighted by atomic mass is 10.1. The Labute approximate surface area is 115 Å². The summed E-state index contributed by atoms with van der Waals surface area (Å²) in [7, 11) is 0. The van der Waals surface area contributed by atoms with E-state index in [9.17, 15) is 18.0 Å². The largest absolute Gasteiger partial charge is 0.405 e. The van der Waals surface area contributed by atoms with Gasteiger partial charge in [-0.05, 0) is 39.0 Å². The van der Waals surface area contributed by atoms with Crippen LogP contribution >= 0.6 is 11.6 Å². The molecule has 0 N–H and O–H groups in total. The predicted molar refractivity (Wildman–Crippen MR) is 70.0 cm³/mol. The Balaban J connectivity index is 3.11. The molecule has 0 unspecified atom stereocenters. The van der Waals surface area contributed by atoms with E-state index in [-0.39, 0.29) is 16.8 Å². The van der Waals surface area contributed by atoms with Crippen LogP contribution in [0.25, 0.3) is 0 Å². The van der Waals surface area contributed by atoms with Gasteiger partial charge in [0, 0.05) is 17.3 Å². The predicted octanol–water partition coefficient (Wildman–Crippen LogP) is 4.32. The monoisotopic (exact) mass is 293 g/mol. The summed E-state index contributed by atoms with van der Waals surface area (Å²) in [6.07, 6.45) is -4.30. The Kier molecular flexibility index (Phi) is 4.85. The third-order valence-electron chi connectivity index (χ3n) is 2.64. The van der Waals surface area contributed by atoms with E-state index in [0.717, 1.165) is 0 Å². The van der Waals surface area contributed by atoms with Crippen LogP contribution in [-0.4, -0.2) is 24.5 Å². The van der Waals surface area contributed by atoms with E-state index in [1.165, 1.54) is 30.0 Å². The number of anilines is 1. The van der Waals surface area contributed by atoms with Crippen molar-refractivity contribution in [1.29, 1.82) is 0 Å².